The van der Waals surface area contributed by atoms with Crippen LogP contribution in [0, 0.1) is 5.82 Å². The molecule has 0 saturated carbocycles. The number of likely N-dealkylation sites (N-methyl/N-ethyl adjacent to an activating group) is 1. The number of amides is 2. The van der Waals surface area contributed by atoms with Gasteiger partial charge in [0.1, 0.15) is 5.82 Å². The van der Waals surface area contributed by atoms with Crippen molar-refractivity contribution in [1.29, 1.82) is 0 Å². The molecule has 172 valence electrons. The van der Waals surface area contributed by atoms with Gasteiger partial charge in [0.2, 0.25) is 0 Å². The summed E-state index contributed by atoms with van der Waals surface area (Å²) in [5, 5.41) is 7.64. The van der Waals surface area contributed by atoms with Crippen molar-refractivity contribution < 1.29 is 14.0 Å². The van der Waals surface area contributed by atoms with E-state index in [0.29, 0.717) is 16.1 Å². The summed E-state index contributed by atoms with van der Waals surface area (Å²) in [4.78, 5) is 30.4. The molecular weight excluding hydrogens is 439 g/mol. The van der Waals surface area contributed by atoms with Crippen molar-refractivity contribution in [3.8, 4) is 0 Å². The maximum Gasteiger partial charge on any atom is 0.265 e. The smallest absolute Gasteiger partial charge is 0.265 e. The summed E-state index contributed by atoms with van der Waals surface area (Å²) < 4.78 is 14.1. The summed E-state index contributed by atoms with van der Waals surface area (Å²) >= 11 is 1.35. The second-order valence-corrected chi connectivity index (χ2v) is 9.15. The van der Waals surface area contributed by atoms with Crippen LogP contribution in [0.25, 0.3) is 0 Å². The number of hydrogen-bond donors (Lipinski definition) is 2. The first-order valence-corrected chi connectivity index (χ1v) is 11.8. The molecule has 0 radical (unpaired) electrons. The van der Waals surface area contributed by atoms with E-state index in [1.807, 2.05) is 18.4 Å². The van der Waals surface area contributed by atoms with Gasteiger partial charge in [0.15, 0.2) is 0 Å². The number of thiophene rings is 1. The first kappa shape index (κ1) is 22.9. The van der Waals surface area contributed by atoms with Gasteiger partial charge in [0.25, 0.3) is 11.8 Å². The standard InChI is InChI=1S/C25H27FN4O2S/c1-17(21-16-19(26)8-9-22(21)30-12-10-29(2)11-13-30)27-24(31)18-5-3-6-20(15-18)28-25(32)23-7-4-14-33-23/h3-9,14-17H,10-13H2,1-2H3,(H,27,31)(H,28,32). The molecule has 2 heterocycles. The average molecular weight is 467 g/mol. The van der Waals surface area contributed by atoms with E-state index < -0.39 is 6.04 Å². The normalized spacial score (nSPS) is 15.2. The molecule has 0 bridgehead atoms. The molecule has 4 rings (SSSR count). The van der Waals surface area contributed by atoms with Crippen LogP contribution in [0.4, 0.5) is 15.8 Å². The highest BCUT2D eigenvalue weighted by molar-refractivity contribution is 7.12. The fourth-order valence-electron chi connectivity index (χ4n) is 3.90. The van der Waals surface area contributed by atoms with Gasteiger partial charge in [-0.3, -0.25) is 9.59 Å². The Morgan fingerprint density at radius 3 is 2.52 bits per heavy atom. The van der Waals surface area contributed by atoms with Crippen LogP contribution in [-0.2, 0) is 0 Å². The van der Waals surface area contributed by atoms with Crippen molar-refractivity contribution in [2.45, 2.75) is 13.0 Å². The molecule has 1 atom stereocenters. The molecule has 1 fully saturated rings. The van der Waals surface area contributed by atoms with Gasteiger partial charge >= 0.3 is 0 Å². The monoisotopic (exact) mass is 466 g/mol. The van der Waals surface area contributed by atoms with Crippen LogP contribution in [0.15, 0.2) is 60.0 Å². The average Bonchev–Trinajstić information content (AvgIpc) is 3.35. The van der Waals surface area contributed by atoms with Crippen molar-refractivity contribution >= 4 is 34.5 Å². The lowest BCUT2D eigenvalue weighted by Gasteiger charge is -2.36. The van der Waals surface area contributed by atoms with Crippen molar-refractivity contribution in [3.63, 3.8) is 0 Å². The Balaban J connectivity index is 1.48. The summed E-state index contributed by atoms with van der Waals surface area (Å²) in [6, 6.07) is 14.7. The third-order valence-electron chi connectivity index (χ3n) is 5.78. The number of anilines is 2. The summed E-state index contributed by atoms with van der Waals surface area (Å²) in [5.41, 5.74) is 2.64. The SMILES string of the molecule is CC(NC(=O)c1cccc(NC(=O)c2cccs2)c1)c1cc(F)ccc1N1CCN(C)CC1. The molecule has 2 N–H and O–H groups in total. The van der Waals surface area contributed by atoms with Gasteiger partial charge in [-0.15, -0.1) is 11.3 Å². The van der Waals surface area contributed by atoms with Crippen LogP contribution in [-0.4, -0.2) is 49.9 Å². The quantitative estimate of drug-likeness (QED) is 0.566. The van der Waals surface area contributed by atoms with Crippen LogP contribution in [0.5, 0.6) is 0 Å². The predicted molar refractivity (Wildman–Crippen MR) is 131 cm³/mol. The molecule has 0 aliphatic carbocycles. The third-order valence-corrected chi connectivity index (χ3v) is 6.64. The summed E-state index contributed by atoms with van der Waals surface area (Å²) in [6.45, 7) is 5.42. The number of rotatable bonds is 6. The zero-order chi connectivity index (χ0) is 23.4. The summed E-state index contributed by atoms with van der Waals surface area (Å²) in [5.74, 6) is -0.835. The van der Waals surface area contributed by atoms with Gasteiger partial charge in [-0.05, 0) is 61.8 Å². The first-order valence-electron chi connectivity index (χ1n) is 10.9. The van der Waals surface area contributed by atoms with Crippen LogP contribution in [0.1, 0.15) is 38.6 Å². The molecule has 8 heteroatoms. The molecule has 2 amide bonds. The largest absolute Gasteiger partial charge is 0.369 e. The fraction of sp³-hybridized carbons (Fsp3) is 0.280. The van der Waals surface area contributed by atoms with E-state index in [2.05, 4.69) is 27.5 Å². The Kier molecular flexibility index (Phi) is 7.05. The molecule has 3 aromatic rings. The first-order chi connectivity index (χ1) is 15.9. The summed E-state index contributed by atoms with van der Waals surface area (Å²) in [6.07, 6.45) is 0. The Morgan fingerprint density at radius 1 is 1.00 bits per heavy atom. The minimum absolute atomic E-state index is 0.215. The molecule has 33 heavy (non-hydrogen) atoms. The molecule has 6 nitrogen and oxygen atoms in total. The van der Waals surface area contributed by atoms with Crippen molar-refractivity contribution in [2.75, 3.05) is 43.4 Å². The predicted octanol–water partition coefficient (Wildman–Crippen LogP) is 4.38. The summed E-state index contributed by atoms with van der Waals surface area (Å²) in [7, 11) is 2.09. The number of halogens is 1. The maximum absolute atomic E-state index is 14.1. The van der Waals surface area contributed by atoms with Gasteiger partial charge in [0, 0.05) is 48.7 Å². The van der Waals surface area contributed by atoms with E-state index in [4.69, 9.17) is 0 Å². The van der Waals surface area contributed by atoms with Crippen molar-refractivity contribution in [1.82, 2.24) is 10.2 Å². The van der Waals surface area contributed by atoms with Gasteiger partial charge < -0.3 is 20.4 Å². The second kappa shape index (κ2) is 10.1. The molecule has 0 spiro atoms. The van der Waals surface area contributed by atoms with Crippen LogP contribution < -0.4 is 15.5 Å². The number of nitrogens with one attached hydrogen (secondary N) is 2. The number of benzene rings is 2. The van der Waals surface area contributed by atoms with E-state index in [9.17, 15) is 14.0 Å². The minimum Gasteiger partial charge on any atom is -0.369 e. The lowest BCUT2D eigenvalue weighted by atomic mass is 10.0. The third kappa shape index (κ3) is 5.58. The van der Waals surface area contributed by atoms with Gasteiger partial charge in [-0.1, -0.05) is 12.1 Å². The van der Waals surface area contributed by atoms with E-state index in [1.165, 1.54) is 23.5 Å². The van der Waals surface area contributed by atoms with Crippen LogP contribution in [0.3, 0.4) is 0 Å². The highest BCUT2D eigenvalue weighted by Gasteiger charge is 2.21. The number of nitrogens with zero attached hydrogens (tertiary/aromatic N) is 2. The van der Waals surface area contributed by atoms with Gasteiger partial charge in [-0.2, -0.15) is 0 Å². The Morgan fingerprint density at radius 2 is 1.79 bits per heavy atom. The molecule has 2 aromatic carbocycles. The lowest BCUT2D eigenvalue weighted by molar-refractivity contribution is 0.0938. The van der Waals surface area contributed by atoms with Crippen LogP contribution in [0.2, 0.25) is 0 Å². The minimum atomic E-state index is -0.396. The van der Waals surface area contributed by atoms with E-state index in [-0.39, 0.29) is 17.6 Å². The number of carbonyl (C=O) groups is 2. The second-order valence-electron chi connectivity index (χ2n) is 8.20. The zero-order valence-electron chi connectivity index (χ0n) is 18.7. The number of carbonyl (C=O) groups excluding carboxylic acids is 2. The van der Waals surface area contributed by atoms with Crippen molar-refractivity contribution in [2.24, 2.45) is 0 Å². The Labute approximate surface area is 197 Å². The van der Waals surface area contributed by atoms with Crippen molar-refractivity contribution in [3.05, 3.63) is 81.8 Å². The number of piperazine rings is 1. The molecule has 1 saturated heterocycles. The molecular formula is C25H27FN4O2S. The zero-order valence-corrected chi connectivity index (χ0v) is 19.5. The maximum atomic E-state index is 14.1. The van der Waals surface area contributed by atoms with Gasteiger partial charge in [-0.25, -0.2) is 4.39 Å². The molecule has 1 unspecified atom stereocenters. The fourth-order valence-corrected chi connectivity index (χ4v) is 4.52. The Hall–Kier alpha value is -3.23. The lowest BCUT2D eigenvalue weighted by Crippen LogP contribution is -2.45. The molecule has 1 aromatic heterocycles. The highest BCUT2D eigenvalue weighted by atomic mass is 32.1. The highest BCUT2D eigenvalue weighted by Crippen LogP contribution is 2.28. The van der Waals surface area contributed by atoms with E-state index in [0.717, 1.165) is 37.4 Å². The van der Waals surface area contributed by atoms with E-state index in [1.54, 1.807) is 36.4 Å². The topological polar surface area (TPSA) is 64.7 Å². The number of hydrogen-bond acceptors (Lipinski definition) is 5. The molecule has 1 aliphatic rings. The molecule has 1 aliphatic heterocycles. The van der Waals surface area contributed by atoms with Crippen LogP contribution >= 0.6 is 11.3 Å². The van der Waals surface area contributed by atoms with E-state index >= 15 is 0 Å². The Bertz CT molecular complexity index is 1130. The van der Waals surface area contributed by atoms with Gasteiger partial charge in [0.05, 0.1) is 10.9 Å².